The first-order valence-electron chi connectivity index (χ1n) is 7.50. The third-order valence-corrected chi connectivity index (χ3v) is 4.27. The highest BCUT2D eigenvalue weighted by molar-refractivity contribution is 9.10. The van der Waals surface area contributed by atoms with Gasteiger partial charge in [-0.25, -0.2) is 4.79 Å². The van der Waals surface area contributed by atoms with Crippen LogP contribution in [0.2, 0.25) is 0 Å². The number of halogens is 1. The smallest absolute Gasteiger partial charge is 0.339 e. The summed E-state index contributed by atoms with van der Waals surface area (Å²) in [5, 5.41) is 0. The lowest BCUT2D eigenvalue weighted by Crippen LogP contribution is -2.09. The molecule has 0 unspecified atom stereocenters. The summed E-state index contributed by atoms with van der Waals surface area (Å²) in [5.41, 5.74) is 2.12. The summed E-state index contributed by atoms with van der Waals surface area (Å²) in [5.74, 6) is 0.168. The van der Waals surface area contributed by atoms with Gasteiger partial charge < -0.3 is 18.9 Å². The lowest BCUT2D eigenvalue weighted by Gasteiger charge is -2.17. The minimum Gasteiger partial charge on any atom is -0.488 e. The van der Waals surface area contributed by atoms with Crippen molar-refractivity contribution in [2.45, 2.75) is 12.9 Å². The molecule has 0 spiro atoms. The van der Waals surface area contributed by atoms with Gasteiger partial charge in [-0.1, -0.05) is 30.3 Å². The van der Waals surface area contributed by atoms with Gasteiger partial charge in [-0.15, -0.1) is 0 Å². The second-order valence-corrected chi connectivity index (χ2v) is 6.06. The standard InChI is InChI=1S/C18H17BrO5/c1-21-17(20)13-9-14(18-22-7-8-23-18)16(10-15(13)19)24-11-12-5-3-2-4-6-12/h2-6,9-10,18H,7-8,11H2,1H3. The molecule has 6 heteroatoms. The van der Waals surface area contributed by atoms with E-state index in [1.54, 1.807) is 12.1 Å². The van der Waals surface area contributed by atoms with Crippen LogP contribution in [0.25, 0.3) is 0 Å². The topological polar surface area (TPSA) is 54.0 Å². The molecule has 1 saturated heterocycles. The Bertz CT molecular complexity index is 711. The van der Waals surface area contributed by atoms with Gasteiger partial charge in [-0.2, -0.15) is 0 Å². The highest BCUT2D eigenvalue weighted by Gasteiger charge is 2.25. The predicted molar refractivity (Wildman–Crippen MR) is 90.9 cm³/mol. The summed E-state index contributed by atoms with van der Waals surface area (Å²) < 4.78 is 22.5. The molecule has 0 amide bonds. The zero-order valence-corrected chi connectivity index (χ0v) is 14.7. The zero-order chi connectivity index (χ0) is 16.9. The van der Waals surface area contributed by atoms with Gasteiger partial charge in [0.05, 0.1) is 31.5 Å². The van der Waals surface area contributed by atoms with E-state index in [1.165, 1.54) is 7.11 Å². The maximum atomic E-state index is 11.9. The Labute approximate surface area is 148 Å². The van der Waals surface area contributed by atoms with E-state index in [0.29, 0.717) is 41.2 Å². The predicted octanol–water partition coefficient (Wildman–Crippen LogP) is 3.86. The first-order chi connectivity index (χ1) is 11.7. The highest BCUT2D eigenvalue weighted by atomic mass is 79.9. The van der Waals surface area contributed by atoms with Crippen molar-refractivity contribution in [1.29, 1.82) is 0 Å². The van der Waals surface area contributed by atoms with E-state index in [1.807, 2.05) is 30.3 Å². The van der Waals surface area contributed by atoms with Crippen molar-refractivity contribution in [2.24, 2.45) is 0 Å². The fourth-order valence-corrected chi connectivity index (χ4v) is 2.90. The van der Waals surface area contributed by atoms with Crippen LogP contribution in [0.3, 0.4) is 0 Å². The van der Waals surface area contributed by atoms with Gasteiger partial charge in [-0.05, 0) is 33.6 Å². The number of methoxy groups -OCH3 is 1. The molecule has 0 aliphatic carbocycles. The molecular formula is C18H17BrO5. The van der Waals surface area contributed by atoms with Crippen LogP contribution in [-0.2, 0) is 20.8 Å². The van der Waals surface area contributed by atoms with Gasteiger partial charge in [0.25, 0.3) is 0 Å². The molecular weight excluding hydrogens is 376 g/mol. The Morgan fingerprint density at radius 2 is 1.92 bits per heavy atom. The summed E-state index contributed by atoms with van der Waals surface area (Å²) >= 11 is 3.40. The van der Waals surface area contributed by atoms with E-state index in [-0.39, 0.29) is 0 Å². The van der Waals surface area contributed by atoms with Crippen LogP contribution >= 0.6 is 15.9 Å². The molecule has 0 aromatic heterocycles. The third-order valence-electron chi connectivity index (χ3n) is 3.62. The van der Waals surface area contributed by atoms with E-state index in [9.17, 15) is 4.79 Å². The third kappa shape index (κ3) is 3.77. The summed E-state index contributed by atoms with van der Waals surface area (Å²) in [6, 6.07) is 13.3. The molecule has 0 atom stereocenters. The molecule has 0 saturated carbocycles. The van der Waals surface area contributed by atoms with E-state index >= 15 is 0 Å². The van der Waals surface area contributed by atoms with Crippen molar-refractivity contribution in [1.82, 2.24) is 0 Å². The van der Waals surface area contributed by atoms with Crippen LogP contribution in [0.15, 0.2) is 46.9 Å². The SMILES string of the molecule is COC(=O)c1cc(C2OCCO2)c(OCc2ccccc2)cc1Br. The van der Waals surface area contributed by atoms with Crippen LogP contribution in [0.1, 0.15) is 27.8 Å². The van der Waals surface area contributed by atoms with E-state index < -0.39 is 12.3 Å². The minimum absolute atomic E-state index is 0.402. The molecule has 0 N–H and O–H groups in total. The highest BCUT2D eigenvalue weighted by Crippen LogP contribution is 2.36. The van der Waals surface area contributed by atoms with Crippen LogP contribution in [0.5, 0.6) is 5.75 Å². The maximum absolute atomic E-state index is 11.9. The number of esters is 1. The fraction of sp³-hybridized carbons (Fsp3) is 0.278. The monoisotopic (exact) mass is 392 g/mol. The number of ether oxygens (including phenoxy) is 4. The average Bonchev–Trinajstić information content (AvgIpc) is 3.14. The number of hydrogen-bond donors (Lipinski definition) is 0. The Balaban J connectivity index is 1.91. The Morgan fingerprint density at radius 3 is 2.58 bits per heavy atom. The van der Waals surface area contributed by atoms with Crippen molar-refractivity contribution < 1.29 is 23.7 Å². The number of carbonyl (C=O) groups is 1. The molecule has 24 heavy (non-hydrogen) atoms. The van der Waals surface area contributed by atoms with Crippen molar-refractivity contribution in [3.05, 3.63) is 63.6 Å². The van der Waals surface area contributed by atoms with Gasteiger partial charge in [0, 0.05) is 4.47 Å². The molecule has 1 aliphatic heterocycles. The van der Waals surface area contributed by atoms with Gasteiger partial charge in [0.2, 0.25) is 0 Å². The molecule has 3 rings (SSSR count). The van der Waals surface area contributed by atoms with Crippen molar-refractivity contribution in [2.75, 3.05) is 20.3 Å². The second-order valence-electron chi connectivity index (χ2n) is 5.21. The lowest BCUT2D eigenvalue weighted by atomic mass is 10.1. The van der Waals surface area contributed by atoms with Crippen LogP contribution < -0.4 is 4.74 Å². The minimum atomic E-state index is -0.549. The molecule has 0 bridgehead atoms. The van der Waals surface area contributed by atoms with Crippen molar-refractivity contribution >= 4 is 21.9 Å². The quantitative estimate of drug-likeness (QED) is 0.723. The molecule has 5 nitrogen and oxygen atoms in total. The fourth-order valence-electron chi connectivity index (χ4n) is 2.42. The largest absolute Gasteiger partial charge is 0.488 e. The zero-order valence-electron chi connectivity index (χ0n) is 13.2. The van der Waals surface area contributed by atoms with E-state index in [4.69, 9.17) is 18.9 Å². The normalized spacial score (nSPS) is 14.6. The number of hydrogen-bond acceptors (Lipinski definition) is 5. The number of benzene rings is 2. The summed E-state index contributed by atoms with van der Waals surface area (Å²) in [6.45, 7) is 1.42. The Kier molecular flexibility index (Phi) is 5.50. The second kappa shape index (κ2) is 7.79. The Hall–Kier alpha value is -1.89. The molecule has 2 aromatic carbocycles. The van der Waals surface area contributed by atoms with Crippen LogP contribution in [0, 0.1) is 0 Å². The summed E-state index contributed by atoms with van der Waals surface area (Å²) in [6.07, 6.45) is -0.549. The van der Waals surface area contributed by atoms with E-state index in [2.05, 4.69) is 15.9 Å². The maximum Gasteiger partial charge on any atom is 0.339 e. The lowest BCUT2D eigenvalue weighted by molar-refractivity contribution is -0.0459. The van der Waals surface area contributed by atoms with Gasteiger partial charge in [0.15, 0.2) is 6.29 Å². The van der Waals surface area contributed by atoms with Crippen molar-refractivity contribution in [3.8, 4) is 5.75 Å². The van der Waals surface area contributed by atoms with Crippen molar-refractivity contribution in [3.63, 3.8) is 0 Å². The van der Waals surface area contributed by atoms with Gasteiger partial charge >= 0.3 is 5.97 Å². The van der Waals surface area contributed by atoms with Gasteiger partial charge in [-0.3, -0.25) is 0 Å². The molecule has 1 aliphatic rings. The first kappa shape index (κ1) is 17.0. The average molecular weight is 393 g/mol. The molecule has 126 valence electrons. The van der Waals surface area contributed by atoms with Gasteiger partial charge in [0.1, 0.15) is 12.4 Å². The Morgan fingerprint density at radius 1 is 1.21 bits per heavy atom. The number of carbonyl (C=O) groups excluding carboxylic acids is 1. The first-order valence-corrected chi connectivity index (χ1v) is 8.30. The van der Waals surface area contributed by atoms with Crippen LogP contribution in [-0.4, -0.2) is 26.3 Å². The van der Waals surface area contributed by atoms with Crippen LogP contribution in [0.4, 0.5) is 0 Å². The number of rotatable bonds is 5. The molecule has 1 heterocycles. The summed E-state index contributed by atoms with van der Waals surface area (Å²) in [4.78, 5) is 11.9. The molecule has 0 radical (unpaired) electrons. The summed E-state index contributed by atoms with van der Waals surface area (Å²) in [7, 11) is 1.34. The molecule has 1 fully saturated rings. The molecule has 2 aromatic rings. The van der Waals surface area contributed by atoms with E-state index in [0.717, 1.165) is 5.56 Å².